The molecular weight excluding hydrogens is 412 g/mol. The zero-order valence-corrected chi connectivity index (χ0v) is 22.1. The van der Waals surface area contributed by atoms with Gasteiger partial charge in [0, 0.05) is 35.6 Å². The van der Waals surface area contributed by atoms with Gasteiger partial charge in [0.05, 0.1) is 17.9 Å². The van der Waals surface area contributed by atoms with Gasteiger partial charge < -0.3 is 14.4 Å². The highest BCUT2D eigenvalue weighted by Crippen LogP contribution is 2.45. The van der Waals surface area contributed by atoms with Crippen molar-refractivity contribution in [2.75, 3.05) is 24.6 Å². The summed E-state index contributed by atoms with van der Waals surface area (Å²) in [6.07, 6.45) is 8.41. The normalized spacial score (nSPS) is 19.8. The van der Waals surface area contributed by atoms with E-state index < -0.39 is 11.7 Å². The molecule has 184 valence electrons. The lowest BCUT2D eigenvalue weighted by atomic mass is 9.81. The smallest absolute Gasteiger partial charge is 0.340 e. The number of esters is 1. The molecule has 1 saturated heterocycles. The minimum absolute atomic E-state index is 0.326. The Morgan fingerprint density at radius 2 is 1.82 bits per heavy atom. The van der Waals surface area contributed by atoms with Gasteiger partial charge in [0.2, 0.25) is 0 Å². The molecule has 0 radical (unpaired) electrons. The van der Waals surface area contributed by atoms with Crippen LogP contribution in [0, 0.1) is 19.3 Å². The van der Waals surface area contributed by atoms with Crippen molar-refractivity contribution in [1.29, 1.82) is 0 Å². The molecule has 3 rings (SSSR count). The molecule has 1 aliphatic carbocycles. The zero-order chi connectivity index (χ0) is 24.4. The van der Waals surface area contributed by atoms with Gasteiger partial charge in [-0.1, -0.05) is 19.9 Å². The number of pyridine rings is 1. The van der Waals surface area contributed by atoms with Crippen LogP contribution < -0.4 is 4.90 Å². The summed E-state index contributed by atoms with van der Waals surface area (Å²) in [5.74, 6) is -0.330. The van der Waals surface area contributed by atoms with Gasteiger partial charge in [0.15, 0.2) is 6.10 Å². The van der Waals surface area contributed by atoms with Gasteiger partial charge in [-0.05, 0) is 91.1 Å². The van der Waals surface area contributed by atoms with Crippen LogP contribution in [0.1, 0.15) is 109 Å². The first-order chi connectivity index (χ1) is 15.4. The minimum atomic E-state index is -0.800. The van der Waals surface area contributed by atoms with Crippen LogP contribution >= 0.6 is 0 Å². The topological polar surface area (TPSA) is 51.7 Å². The first kappa shape index (κ1) is 25.7. The fourth-order valence-corrected chi connectivity index (χ4v) is 5.07. The van der Waals surface area contributed by atoms with Crippen LogP contribution in [-0.2, 0) is 14.3 Å². The Kier molecular flexibility index (Phi) is 7.93. The molecule has 1 aliphatic heterocycles. The van der Waals surface area contributed by atoms with Crippen molar-refractivity contribution in [3.8, 4) is 0 Å². The number of carbonyl (C=O) groups is 1. The standard InChI is InChI=1S/C28H44N2O3/c1-9-32-26(31)25(33-27(4,5)6)23-20(3)29-19(2)22(21-13-11-10-12-14-21)24(23)30-17-15-28(7,8)16-18-30/h13,25H,9-12,14-18H2,1-8H3/t25-/m0/s1. The third kappa shape index (κ3) is 6.17. The van der Waals surface area contributed by atoms with Gasteiger partial charge in [-0.25, -0.2) is 4.79 Å². The second-order valence-electron chi connectivity index (χ2n) is 11.4. The minimum Gasteiger partial charge on any atom is -0.464 e. The zero-order valence-electron chi connectivity index (χ0n) is 22.1. The molecule has 33 heavy (non-hydrogen) atoms. The molecule has 0 N–H and O–H groups in total. The van der Waals surface area contributed by atoms with Gasteiger partial charge in [0.1, 0.15) is 0 Å². The average molecular weight is 457 g/mol. The Morgan fingerprint density at radius 1 is 1.15 bits per heavy atom. The first-order valence-electron chi connectivity index (χ1n) is 12.7. The molecule has 1 aromatic rings. The van der Waals surface area contributed by atoms with E-state index in [0.717, 1.165) is 61.4 Å². The molecule has 0 unspecified atom stereocenters. The maximum Gasteiger partial charge on any atom is 0.340 e. The number of carbonyl (C=O) groups excluding carboxylic acids is 1. The van der Waals surface area contributed by atoms with E-state index in [9.17, 15) is 4.79 Å². The molecule has 0 saturated carbocycles. The van der Waals surface area contributed by atoms with Crippen LogP contribution in [0.15, 0.2) is 6.08 Å². The molecule has 1 fully saturated rings. The number of nitrogens with zero attached hydrogens (tertiary/aromatic N) is 2. The van der Waals surface area contributed by atoms with Crippen LogP contribution in [0.3, 0.4) is 0 Å². The number of rotatable bonds is 6. The predicted octanol–water partition coefficient (Wildman–Crippen LogP) is 6.70. The van der Waals surface area contributed by atoms with Crippen LogP contribution in [0.5, 0.6) is 0 Å². The van der Waals surface area contributed by atoms with Gasteiger partial charge in [0.25, 0.3) is 0 Å². The number of piperidine rings is 1. The molecule has 2 heterocycles. The Bertz CT molecular complexity index is 885. The lowest BCUT2D eigenvalue weighted by molar-refractivity contribution is -0.166. The highest BCUT2D eigenvalue weighted by Gasteiger charge is 2.37. The van der Waals surface area contributed by atoms with Gasteiger partial charge >= 0.3 is 5.97 Å². The number of aryl methyl sites for hydroxylation is 2. The molecule has 0 spiro atoms. The third-order valence-corrected chi connectivity index (χ3v) is 6.86. The average Bonchev–Trinajstić information content (AvgIpc) is 2.72. The maximum atomic E-state index is 13.3. The van der Waals surface area contributed by atoms with Crippen LogP contribution in [0.4, 0.5) is 5.69 Å². The summed E-state index contributed by atoms with van der Waals surface area (Å²) in [6.45, 7) is 18.9. The largest absolute Gasteiger partial charge is 0.464 e. The predicted molar refractivity (Wildman–Crippen MR) is 136 cm³/mol. The molecular formula is C28H44N2O3. The maximum absolute atomic E-state index is 13.3. The molecule has 5 heteroatoms. The van der Waals surface area contributed by atoms with E-state index in [1.54, 1.807) is 0 Å². The Labute approximate surface area is 200 Å². The summed E-state index contributed by atoms with van der Waals surface area (Å²) >= 11 is 0. The van der Waals surface area contributed by atoms with E-state index in [1.165, 1.54) is 24.0 Å². The summed E-state index contributed by atoms with van der Waals surface area (Å²) in [6, 6.07) is 0. The Balaban J connectivity index is 2.24. The van der Waals surface area contributed by atoms with E-state index in [-0.39, 0.29) is 5.97 Å². The summed E-state index contributed by atoms with van der Waals surface area (Å²) in [5.41, 5.74) is 6.34. The van der Waals surface area contributed by atoms with Crippen LogP contribution in [0.2, 0.25) is 0 Å². The lowest BCUT2D eigenvalue weighted by Crippen LogP contribution is -2.40. The first-order valence-corrected chi connectivity index (χ1v) is 12.7. The van der Waals surface area contributed by atoms with Crippen molar-refractivity contribution in [2.24, 2.45) is 5.41 Å². The van der Waals surface area contributed by atoms with E-state index in [0.29, 0.717) is 12.0 Å². The highest BCUT2D eigenvalue weighted by molar-refractivity contribution is 5.86. The van der Waals surface area contributed by atoms with Crippen molar-refractivity contribution in [2.45, 2.75) is 106 Å². The molecule has 0 aromatic carbocycles. The summed E-state index contributed by atoms with van der Waals surface area (Å²) in [4.78, 5) is 20.7. The third-order valence-electron chi connectivity index (χ3n) is 6.86. The Morgan fingerprint density at radius 3 is 2.36 bits per heavy atom. The van der Waals surface area contributed by atoms with E-state index in [4.69, 9.17) is 14.5 Å². The lowest BCUT2D eigenvalue weighted by Gasteiger charge is -2.41. The van der Waals surface area contributed by atoms with E-state index in [1.807, 2.05) is 34.6 Å². The summed E-state index contributed by atoms with van der Waals surface area (Å²) in [7, 11) is 0. The van der Waals surface area contributed by atoms with Gasteiger partial charge in [-0.2, -0.15) is 0 Å². The molecule has 0 amide bonds. The molecule has 5 nitrogen and oxygen atoms in total. The molecule has 0 bridgehead atoms. The quantitative estimate of drug-likeness (QED) is 0.446. The van der Waals surface area contributed by atoms with Crippen molar-refractivity contribution in [1.82, 2.24) is 4.98 Å². The van der Waals surface area contributed by atoms with E-state index in [2.05, 4.69) is 31.7 Å². The second-order valence-corrected chi connectivity index (χ2v) is 11.4. The molecule has 2 aliphatic rings. The van der Waals surface area contributed by atoms with Crippen LogP contribution in [-0.4, -0.2) is 36.3 Å². The fourth-order valence-electron chi connectivity index (χ4n) is 5.07. The van der Waals surface area contributed by atoms with E-state index >= 15 is 0 Å². The van der Waals surface area contributed by atoms with Crippen molar-refractivity contribution >= 4 is 17.2 Å². The number of allylic oxidation sites excluding steroid dienone is 2. The number of anilines is 1. The Hall–Kier alpha value is -1.88. The number of hydrogen-bond acceptors (Lipinski definition) is 5. The van der Waals surface area contributed by atoms with Gasteiger partial charge in [-0.15, -0.1) is 0 Å². The number of ether oxygens (including phenoxy) is 2. The fraction of sp³-hybridized carbons (Fsp3) is 0.714. The van der Waals surface area contributed by atoms with Crippen molar-refractivity contribution in [3.63, 3.8) is 0 Å². The second kappa shape index (κ2) is 10.2. The molecule has 1 atom stereocenters. The number of hydrogen-bond donors (Lipinski definition) is 0. The molecule has 1 aromatic heterocycles. The monoisotopic (exact) mass is 456 g/mol. The van der Waals surface area contributed by atoms with Crippen molar-refractivity contribution in [3.05, 3.63) is 28.6 Å². The highest BCUT2D eigenvalue weighted by atomic mass is 16.6. The summed E-state index contributed by atoms with van der Waals surface area (Å²) < 4.78 is 11.9. The van der Waals surface area contributed by atoms with Crippen LogP contribution in [0.25, 0.3) is 5.57 Å². The SMILES string of the molecule is CCOC(=O)[C@@H](OC(C)(C)C)c1c(C)nc(C)c(C2=CCCCC2)c1N1CCC(C)(C)CC1. The summed E-state index contributed by atoms with van der Waals surface area (Å²) in [5, 5.41) is 0. The number of aromatic nitrogens is 1. The van der Waals surface area contributed by atoms with Crippen molar-refractivity contribution < 1.29 is 14.3 Å². The van der Waals surface area contributed by atoms with Gasteiger partial charge in [-0.3, -0.25) is 4.98 Å².